The Morgan fingerprint density at radius 2 is 0.729 bits per heavy atom. The van der Waals surface area contributed by atoms with E-state index in [0.717, 1.165) is 36.8 Å². The highest BCUT2D eigenvalue weighted by Crippen LogP contribution is 2.44. The summed E-state index contributed by atoms with van der Waals surface area (Å²) in [4.78, 5) is 33.8. The van der Waals surface area contributed by atoms with Gasteiger partial charge in [0.25, 0.3) is 0 Å². The molecule has 308 valence electrons. The van der Waals surface area contributed by atoms with E-state index in [1.54, 1.807) is 0 Å². The molecule has 2 aromatic carbocycles. The summed E-state index contributed by atoms with van der Waals surface area (Å²) in [6.07, 6.45) is 7.83. The van der Waals surface area contributed by atoms with Gasteiger partial charge in [-0.15, -0.1) is 10.2 Å². The van der Waals surface area contributed by atoms with Crippen LogP contribution in [0.5, 0.6) is 0 Å². The zero-order valence-corrected chi connectivity index (χ0v) is 40.4. The van der Waals surface area contributed by atoms with Gasteiger partial charge in [-0.25, -0.2) is 4.98 Å². The van der Waals surface area contributed by atoms with Gasteiger partial charge in [-0.05, 0) is 132 Å². The van der Waals surface area contributed by atoms with E-state index >= 15 is 0 Å². The second-order valence-corrected chi connectivity index (χ2v) is 21.4. The molecule has 0 amide bonds. The number of benzene rings is 2. The Morgan fingerprint density at radius 1 is 0.458 bits per heavy atom. The maximum atomic E-state index is 14.1. The number of azo groups is 2. The normalized spacial score (nSPS) is 15.8. The first kappa shape index (κ1) is 45.6. The van der Waals surface area contributed by atoms with E-state index < -0.39 is 21.7 Å². The van der Waals surface area contributed by atoms with Crippen molar-refractivity contribution in [2.75, 3.05) is 0 Å². The van der Waals surface area contributed by atoms with Gasteiger partial charge < -0.3 is 0 Å². The molecule has 0 radical (unpaired) electrons. The predicted octanol–water partition coefficient (Wildman–Crippen LogP) is 15.6. The number of pyridine rings is 1. The van der Waals surface area contributed by atoms with Crippen molar-refractivity contribution in [1.82, 2.24) is 4.98 Å². The Bertz CT molecular complexity index is 2220. The molecule has 9 heteroatoms. The van der Waals surface area contributed by atoms with Gasteiger partial charge in [0.1, 0.15) is 11.4 Å². The molecule has 0 bridgehead atoms. The van der Waals surface area contributed by atoms with Crippen molar-refractivity contribution in [3.05, 3.63) is 143 Å². The van der Waals surface area contributed by atoms with Crippen molar-refractivity contribution in [2.24, 2.45) is 42.1 Å². The molecule has 3 aromatic rings. The molecule has 2 aliphatic carbocycles. The highest BCUT2D eigenvalue weighted by molar-refractivity contribution is 9.10. The first-order valence-corrected chi connectivity index (χ1v) is 21.6. The molecule has 0 fully saturated rings. The molecule has 0 saturated carbocycles. The molecule has 2 aliphatic rings. The van der Waals surface area contributed by atoms with E-state index in [0.29, 0.717) is 56.4 Å². The van der Waals surface area contributed by atoms with Gasteiger partial charge in [0, 0.05) is 42.4 Å². The Morgan fingerprint density at radius 3 is 0.983 bits per heavy atom. The molecular weight excluding hydrogens is 862 g/mol. The molecule has 7 nitrogen and oxygen atoms in total. The standard InChI is InChI=1S/C50H57Br2N5O2/c1-28-29(2)41(43(56-54-35-20-16-33(51)17-21-35)31-24-37(47(4,5)6)45(58)38(25-31)48(7,8)9)53-42(30(28)3)44(57-55-36-22-18-34(52)19-23-36)32-26-39(49(10,11)12)46(59)40(27-32)50(13,14)15/h16-27H,1-15H3/b56-54+,57-55+. The lowest BCUT2D eigenvalue weighted by molar-refractivity contribution is -0.114. The molecule has 1 heterocycles. The van der Waals surface area contributed by atoms with Gasteiger partial charge in [0.2, 0.25) is 0 Å². The quantitative estimate of drug-likeness (QED) is 0.230. The van der Waals surface area contributed by atoms with E-state index in [2.05, 4.69) is 122 Å². The third-order valence-corrected chi connectivity index (χ3v) is 11.7. The third kappa shape index (κ3) is 10.3. The number of halogens is 2. The smallest absolute Gasteiger partial charge is 0.186 e. The first-order valence-electron chi connectivity index (χ1n) is 20.0. The van der Waals surface area contributed by atoms with Crippen molar-refractivity contribution in [1.29, 1.82) is 0 Å². The van der Waals surface area contributed by atoms with Crippen molar-refractivity contribution >= 4 is 66.2 Å². The minimum Gasteiger partial charge on any atom is -0.289 e. The predicted molar refractivity (Wildman–Crippen MR) is 250 cm³/mol. The SMILES string of the molecule is Cc1c(C(/N=N/c2ccc(Br)cc2)=C2C=C(C(C)(C)C)C(=O)C(C(C)(C)C)=C2)nc(C(/N=N/c2ccc(Br)cc2)=C2C=C(C(C)(C)C)C(=O)C(C(C)(C)C)=C2)c(C)c1C. The van der Waals surface area contributed by atoms with Crippen LogP contribution in [0.3, 0.4) is 0 Å². The van der Waals surface area contributed by atoms with Crippen molar-refractivity contribution < 1.29 is 9.59 Å². The van der Waals surface area contributed by atoms with Crippen LogP contribution in [-0.4, -0.2) is 16.6 Å². The second-order valence-electron chi connectivity index (χ2n) is 19.5. The molecule has 5 rings (SSSR count). The summed E-state index contributed by atoms with van der Waals surface area (Å²) in [5.41, 5.74) is 8.86. The van der Waals surface area contributed by atoms with Gasteiger partial charge >= 0.3 is 0 Å². The van der Waals surface area contributed by atoms with E-state index in [1.165, 1.54) is 0 Å². The molecule has 0 saturated heterocycles. The van der Waals surface area contributed by atoms with Crippen molar-refractivity contribution in [3.8, 4) is 0 Å². The minimum absolute atomic E-state index is 0.0264. The second kappa shape index (κ2) is 16.9. The van der Waals surface area contributed by atoms with Crippen LogP contribution in [0, 0.1) is 42.4 Å². The van der Waals surface area contributed by atoms with Crippen LogP contribution < -0.4 is 0 Å². The number of aromatic nitrogens is 1. The summed E-state index contributed by atoms with van der Waals surface area (Å²) in [5.74, 6) is 0.0528. The Balaban J connectivity index is 1.96. The zero-order chi connectivity index (χ0) is 44.0. The lowest BCUT2D eigenvalue weighted by Gasteiger charge is -2.32. The molecule has 0 spiro atoms. The van der Waals surface area contributed by atoms with Crippen LogP contribution in [0.4, 0.5) is 11.4 Å². The lowest BCUT2D eigenvalue weighted by atomic mass is 9.71. The summed E-state index contributed by atoms with van der Waals surface area (Å²) >= 11 is 7.07. The summed E-state index contributed by atoms with van der Waals surface area (Å²) in [6, 6.07) is 15.3. The van der Waals surface area contributed by atoms with E-state index in [4.69, 9.17) is 25.4 Å². The minimum atomic E-state index is -0.449. The van der Waals surface area contributed by atoms with Crippen molar-refractivity contribution in [3.63, 3.8) is 0 Å². The van der Waals surface area contributed by atoms with Gasteiger partial charge in [0.05, 0.1) is 22.8 Å². The average molecular weight is 920 g/mol. The molecular formula is C50H57Br2N5O2. The van der Waals surface area contributed by atoms with Crippen LogP contribution >= 0.6 is 31.9 Å². The fraction of sp³-hybridized carbons (Fsp3) is 0.380. The zero-order valence-electron chi connectivity index (χ0n) is 37.2. The number of ketones is 2. The van der Waals surface area contributed by atoms with Gasteiger partial charge in [-0.1, -0.05) is 115 Å². The average Bonchev–Trinajstić information content (AvgIpc) is 3.12. The first-order chi connectivity index (χ1) is 27.2. The maximum Gasteiger partial charge on any atom is 0.186 e. The number of allylic oxidation sites excluding steroid dienone is 10. The fourth-order valence-corrected chi connectivity index (χ4v) is 7.38. The van der Waals surface area contributed by atoms with Crippen LogP contribution in [0.25, 0.3) is 11.4 Å². The van der Waals surface area contributed by atoms with E-state index in [1.807, 2.05) is 86.7 Å². The number of carbonyl (C=O) groups excluding carboxylic acids is 2. The summed E-state index contributed by atoms with van der Waals surface area (Å²) in [6.45, 7) is 30.9. The molecule has 0 unspecified atom stereocenters. The number of rotatable bonds is 6. The monoisotopic (exact) mass is 917 g/mol. The molecule has 0 aliphatic heterocycles. The number of nitrogens with zero attached hydrogens (tertiary/aromatic N) is 5. The maximum absolute atomic E-state index is 14.1. The third-order valence-electron chi connectivity index (χ3n) is 10.6. The number of hydrogen-bond acceptors (Lipinski definition) is 7. The van der Waals surface area contributed by atoms with Gasteiger partial charge in [-0.2, -0.15) is 10.2 Å². The van der Waals surface area contributed by atoms with Crippen LogP contribution in [0.1, 0.15) is 111 Å². The topological polar surface area (TPSA) is 96.5 Å². The largest absolute Gasteiger partial charge is 0.289 e. The van der Waals surface area contributed by atoms with E-state index in [9.17, 15) is 9.59 Å². The molecule has 1 aromatic heterocycles. The Hall–Kier alpha value is -4.47. The molecule has 59 heavy (non-hydrogen) atoms. The van der Waals surface area contributed by atoms with Crippen molar-refractivity contribution in [2.45, 2.75) is 104 Å². The Labute approximate surface area is 368 Å². The fourth-order valence-electron chi connectivity index (χ4n) is 6.85. The van der Waals surface area contributed by atoms with Crippen LogP contribution in [0.2, 0.25) is 0 Å². The summed E-state index contributed by atoms with van der Waals surface area (Å²) < 4.78 is 1.87. The lowest BCUT2D eigenvalue weighted by Crippen LogP contribution is -2.28. The van der Waals surface area contributed by atoms with Gasteiger partial charge in [0.15, 0.2) is 11.6 Å². The highest BCUT2D eigenvalue weighted by atomic mass is 79.9. The number of hydrogen-bond donors (Lipinski definition) is 0. The van der Waals surface area contributed by atoms with E-state index in [-0.39, 0.29) is 11.6 Å². The highest BCUT2D eigenvalue weighted by Gasteiger charge is 2.37. The molecule has 0 N–H and O–H groups in total. The van der Waals surface area contributed by atoms with Crippen LogP contribution in [-0.2, 0) is 9.59 Å². The van der Waals surface area contributed by atoms with Gasteiger partial charge in [-0.3, -0.25) is 9.59 Å². The van der Waals surface area contributed by atoms with Crippen LogP contribution in [0.15, 0.2) is 136 Å². The number of carbonyl (C=O) groups is 2. The summed E-state index contributed by atoms with van der Waals surface area (Å²) in [7, 11) is 0. The molecule has 0 atom stereocenters. The summed E-state index contributed by atoms with van der Waals surface area (Å²) in [5, 5.41) is 19.5. The Kier molecular flexibility index (Phi) is 13.1. The number of Topliss-reactive ketones (excluding diaryl/α,β-unsaturated/α-hetero) is 2.